The third kappa shape index (κ3) is 4.03. The number of hydrogen-bond acceptors (Lipinski definition) is 1. The largest absolute Gasteiger partial charge is 0.353 e. The summed E-state index contributed by atoms with van der Waals surface area (Å²) >= 11 is 3.86. The first-order valence-electron chi connectivity index (χ1n) is 13.1. The Morgan fingerprint density at radius 2 is 1.70 bits per heavy atom. The van der Waals surface area contributed by atoms with Crippen LogP contribution in [0.2, 0.25) is 0 Å². The summed E-state index contributed by atoms with van der Waals surface area (Å²) in [4.78, 5) is 13.6. The Bertz CT molecular complexity index is 634. The van der Waals surface area contributed by atoms with Gasteiger partial charge in [-0.1, -0.05) is 69.8 Å². The van der Waals surface area contributed by atoms with Crippen LogP contribution in [0.4, 0.5) is 0 Å². The number of carbonyl (C=O) groups is 1. The third-order valence-electron chi connectivity index (χ3n) is 10.5. The zero-order valence-electron chi connectivity index (χ0n) is 20.2. The maximum atomic E-state index is 13.0. The van der Waals surface area contributed by atoms with Crippen molar-refractivity contribution in [3.05, 3.63) is 0 Å². The Labute approximate surface area is 194 Å². The van der Waals surface area contributed by atoms with Gasteiger partial charge in [-0.15, -0.1) is 0 Å². The number of fused-ring (bicyclic) bond motifs is 5. The fourth-order valence-electron chi connectivity index (χ4n) is 8.84. The van der Waals surface area contributed by atoms with Gasteiger partial charge in [0.15, 0.2) is 0 Å². The van der Waals surface area contributed by atoms with Gasteiger partial charge in [-0.2, -0.15) is 0 Å². The van der Waals surface area contributed by atoms with E-state index in [1.54, 1.807) is 0 Å². The van der Waals surface area contributed by atoms with Gasteiger partial charge < -0.3 is 5.32 Å². The van der Waals surface area contributed by atoms with Gasteiger partial charge in [0.2, 0.25) is 5.91 Å². The molecule has 1 saturated heterocycles. The Morgan fingerprint density at radius 3 is 2.43 bits per heavy atom. The molecule has 4 fully saturated rings. The van der Waals surface area contributed by atoms with Gasteiger partial charge in [0.1, 0.15) is 0 Å². The van der Waals surface area contributed by atoms with Gasteiger partial charge in [0.05, 0.1) is 0 Å². The van der Waals surface area contributed by atoms with E-state index >= 15 is 0 Å². The van der Waals surface area contributed by atoms with E-state index in [0.717, 1.165) is 42.4 Å². The molecular formula is C27H46BrNO. The first-order chi connectivity index (χ1) is 14.1. The van der Waals surface area contributed by atoms with Crippen molar-refractivity contribution in [1.29, 1.82) is 0 Å². The molecule has 1 N–H and O–H groups in total. The normalized spacial score (nSPS) is 47.1. The van der Waals surface area contributed by atoms with Crippen LogP contribution >= 0.6 is 15.9 Å². The molecule has 1 amide bonds. The minimum absolute atomic E-state index is 0.295. The second-order valence-corrected chi connectivity index (χ2v) is 13.9. The lowest BCUT2D eigenvalue weighted by atomic mass is 9.49. The Morgan fingerprint density at radius 1 is 1.00 bits per heavy atom. The number of nitrogens with one attached hydrogen (secondary N) is 1. The molecule has 0 aromatic rings. The molecule has 0 aromatic heterocycles. The molecule has 0 bridgehead atoms. The molecule has 0 radical (unpaired) electrons. The Balaban J connectivity index is 1.53. The summed E-state index contributed by atoms with van der Waals surface area (Å²) in [7, 11) is 0. The first-order valence-corrected chi connectivity index (χ1v) is 14.0. The average Bonchev–Trinajstić information content (AvgIpc) is 2.97. The second-order valence-electron chi connectivity index (χ2n) is 12.6. The molecule has 3 aliphatic carbocycles. The summed E-state index contributed by atoms with van der Waals surface area (Å²) in [6.07, 6.45) is 14.1. The third-order valence-corrected chi connectivity index (χ3v) is 11.4. The van der Waals surface area contributed by atoms with Crippen molar-refractivity contribution in [2.24, 2.45) is 46.3 Å². The number of alkyl halides is 1. The molecule has 1 aliphatic heterocycles. The van der Waals surface area contributed by atoms with Crippen LogP contribution in [0.25, 0.3) is 0 Å². The lowest BCUT2D eigenvalue weighted by Crippen LogP contribution is -2.54. The fraction of sp³-hybridized carbons (Fsp3) is 0.963. The molecule has 4 aliphatic rings. The van der Waals surface area contributed by atoms with Crippen LogP contribution in [0.1, 0.15) is 105 Å². The Kier molecular flexibility index (Phi) is 6.71. The molecule has 3 saturated carbocycles. The van der Waals surface area contributed by atoms with Crippen molar-refractivity contribution in [2.75, 3.05) is 0 Å². The van der Waals surface area contributed by atoms with E-state index in [2.05, 4.69) is 55.9 Å². The number of hydrogen-bond donors (Lipinski definition) is 1. The minimum Gasteiger partial charge on any atom is -0.353 e. The Hall–Kier alpha value is -0.0500. The van der Waals surface area contributed by atoms with Gasteiger partial charge in [-0.25, -0.2) is 0 Å². The van der Waals surface area contributed by atoms with E-state index in [-0.39, 0.29) is 0 Å². The summed E-state index contributed by atoms with van der Waals surface area (Å²) in [5.41, 5.74) is 0.755. The zero-order valence-corrected chi connectivity index (χ0v) is 21.8. The summed E-state index contributed by atoms with van der Waals surface area (Å²) in [5, 5.41) is 3.50. The van der Waals surface area contributed by atoms with Crippen LogP contribution in [-0.2, 0) is 4.79 Å². The van der Waals surface area contributed by atoms with Crippen LogP contribution in [0.5, 0.6) is 0 Å². The molecule has 0 unspecified atom stereocenters. The van der Waals surface area contributed by atoms with Gasteiger partial charge in [0.25, 0.3) is 0 Å². The summed E-state index contributed by atoms with van der Waals surface area (Å²) < 4.78 is 0. The molecular weight excluding hydrogens is 434 g/mol. The smallest absolute Gasteiger partial charge is 0.220 e. The predicted octanol–water partition coefficient (Wildman–Crippen LogP) is 7.35. The van der Waals surface area contributed by atoms with E-state index in [9.17, 15) is 4.79 Å². The van der Waals surface area contributed by atoms with E-state index in [1.165, 1.54) is 57.8 Å². The summed E-state index contributed by atoms with van der Waals surface area (Å²) in [6, 6.07) is 0.370. The zero-order chi connectivity index (χ0) is 21.7. The first kappa shape index (κ1) is 23.1. The van der Waals surface area contributed by atoms with Crippen LogP contribution in [0.3, 0.4) is 0 Å². The minimum atomic E-state index is 0.295. The van der Waals surface area contributed by atoms with E-state index in [4.69, 9.17) is 0 Å². The SMILES string of the molecule is CC(C)CCC[C@@H](C)[C@H]1CC[C@H]2[C@@H]3CC(=O)N[C@H]4C[C@@H](Br)CC[C@]4(C)[C@H]3CC[C@]12C. The van der Waals surface area contributed by atoms with Gasteiger partial charge >= 0.3 is 0 Å². The fourth-order valence-corrected chi connectivity index (χ4v) is 9.44. The average molecular weight is 481 g/mol. The van der Waals surface area contributed by atoms with Crippen molar-refractivity contribution in [2.45, 2.75) is 116 Å². The van der Waals surface area contributed by atoms with Crippen molar-refractivity contribution in [3.8, 4) is 0 Å². The molecule has 2 nitrogen and oxygen atoms in total. The van der Waals surface area contributed by atoms with Gasteiger partial charge in [-0.3, -0.25) is 4.79 Å². The lowest BCUT2D eigenvalue weighted by molar-refractivity contribution is -0.123. The predicted molar refractivity (Wildman–Crippen MR) is 130 cm³/mol. The monoisotopic (exact) mass is 479 g/mol. The van der Waals surface area contributed by atoms with Gasteiger partial charge in [-0.05, 0) is 91.3 Å². The number of halogens is 1. The topological polar surface area (TPSA) is 29.1 Å². The molecule has 3 heteroatoms. The molecule has 1 heterocycles. The standard InChI is InChI=1S/C27H46BrNO/c1-17(2)7-6-8-18(3)21-9-10-22-20-16-25(30)29-24-15-19(28)11-13-27(24,5)23(20)12-14-26(21,22)4/h17-24H,6-16H2,1-5H3,(H,29,30)/t18-,19+,20+,21-,22+,23+,24+,26-,27-/m1/s1. The lowest BCUT2D eigenvalue weighted by Gasteiger charge is -2.56. The molecule has 0 aromatic carbocycles. The number of carbonyl (C=O) groups excluding carboxylic acids is 1. The van der Waals surface area contributed by atoms with Crippen molar-refractivity contribution < 1.29 is 4.79 Å². The van der Waals surface area contributed by atoms with Crippen molar-refractivity contribution >= 4 is 21.8 Å². The molecule has 9 atom stereocenters. The summed E-state index contributed by atoms with van der Waals surface area (Å²) in [5.74, 6) is 4.97. The highest BCUT2D eigenvalue weighted by Crippen LogP contribution is 2.65. The molecule has 30 heavy (non-hydrogen) atoms. The van der Waals surface area contributed by atoms with Gasteiger partial charge in [0, 0.05) is 17.3 Å². The highest BCUT2D eigenvalue weighted by Gasteiger charge is 2.60. The van der Waals surface area contributed by atoms with Crippen molar-refractivity contribution in [1.82, 2.24) is 5.32 Å². The maximum absolute atomic E-state index is 13.0. The van der Waals surface area contributed by atoms with E-state index < -0.39 is 0 Å². The van der Waals surface area contributed by atoms with Crippen LogP contribution < -0.4 is 5.32 Å². The van der Waals surface area contributed by atoms with Crippen LogP contribution in [0.15, 0.2) is 0 Å². The van der Waals surface area contributed by atoms with Crippen LogP contribution in [-0.4, -0.2) is 16.8 Å². The molecule has 4 rings (SSSR count). The number of rotatable bonds is 5. The van der Waals surface area contributed by atoms with E-state index in [1.807, 2.05) is 0 Å². The molecule has 0 spiro atoms. The summed E-state index contributed by atoms with van der Waals surface area (Å²) in [6.45, 7) is 12.4. The maximum Gasteiger partial charge on any atom is 0.220 e. The highest BCUT2D eigenvalue weighted by molar-refractivity contribution is 9.09. The van der Waals surface area contributed by atoms with E-state index in [0.29, 0.717) is 33.5 Å². The quantitative estimate of drug-likeness (QED) is 0.410. The second kappa shape index (κ2) is 8.71. The highest BCUT2D eigenvalue weighted by atomic mass is 79.9. The van der Waals surface area contributed by atoms with Crippen LogP contribution in [0, 0.1) is 46.3 Å². The number of amides is 1. The molecule has 172 valence electrons. The van der Waals surface area contributed by atoms with Crippen molar-refractivity contribution in [3.63, 3.8) is 0 Å².